The van der Waals surface area contributed by atoms with Gasteiger partial charge in [0.2, 0.25) is 0 Å². The third kappa shape index (κ3) is 3.00. The van der Waals surface area contributed by atoms with Crippen molar-refractivity contribution in [3.05, 3.63) is 56.3 Å². The molecule has 6 heteroatoms. The molecule has 0 amide bonds. The van der Waals surface area contributed by atoms with Crippen LogP contribution in [-0.4, -0.2) is 4.92 Å². The lowest BCUT2D eigenvalue weighted by atomic mass is 10.2. The molecular formula is C12H10ClNO3S. The molecule has 4 nitrogen and oxygen atoms in total. The molecule has 0 aliphatic heterocycles. The van der Waals surface area contributed by atoms with Gasteiger partial charge in [0.25, 0.3) is 0 Å². The predicted octanol–water partition coefficient (Wildman–Crippen LogP) is 3.97. The number of hydrogen-bond acceptors (Lipinski definition) is 4. The molecule has 2 aromatic rings. The largest absolute Gasteiger partial charge is 0.481 e. The van der Waals surface area contributed by atoms with Gasteiger partial charge in [0.15, 0.2) is 5.75 Å². The lowest BCUT2D eigenvalue weighted by Gasteiger charge is -2.06. The molecule has 0 atom stereocenters. The number of benzene rings is 1. The Balaban J connectivity index is 2.20. The van der Waals surface area contributed by atoms with Crippen LogP contribution in [-0.2, 0) is 12.5 Å². The van der Waals surface area contributed by atoms with Crippen LogP contribution in [0.4, 0.5) is 5.69 Å². The SMILES string of the molecule is O=[N+]([O-])c1ccc(CCl)cc1OCc1cccs1. The second-order valence-corrected chi connectivity index (χ2v) is 4.86. The highest BCUT2D eigenvalue weighted by molar-refractivity contribution is 7.09. The van der Waals surface area contributed by atoms with E-state index >= 15 is 0 Å². The van der Waals surface area contributed by atoms with Gasteiger partial charge in [-0.1, -0.05) is 12.1 Å². The van der Waals surface area contributed by atoms with Crippen molar-refractivity contribution in [1.82, 2.24) is 0 Å². The Kier molecular flexibility index (Phi) is 4.17. The topological polar surface area (TPSA) is 52.4 Å². The number of thiophene rings is 1. The van der Waals surface area contributed by atoms with E-state index in [0.29, 0.717) is 12.5 Å². The normalized spacial score (nSPS) is 10.3. The van der Waals surface area contributed by atoms with E-state index in [1.54, 1.807) is 23.5 Å². The number of alkyl halides is 1. The van der Waals surface area contributed by atoms with E-state index in [9.17, 15) is 10.1 Å². The third-order valence-electron chi connectivity index (χ3n) is 2.33. The highest BCUT2D eigenvalue weighted by Gasteiger charge is 2.15. The van der Waals surface area contributed by atoms with E-state index in [4.69, 9.17) is 16.3 Å². The van der Waals surface area contributed by atoms with E-state index in [0.717, 1.165) is 10.4 Å². The summed E-state index contributed by atoms with van der Waals surface area (Å²) in [6.07, 6.45) is 0. The number of rotatable bonds is 5. The molecule has 0 bridgehead atoms. The number of nitrogens with zero attached hydrogens (tertiary/aromatic N) is 1. The van der Waals surface area contributed by atoms with Gasteiger partial charge in [-0.25, -0.2) is 0 Å². The zero-order valence-corrected chi connectivity index (χ0v) is 10.9. The number of nitro benzene ring substituents is 1. The summed E-state index contributed by atoms with van der Waals surface area (Å²) in [5.74, 6) is 0.555. The summed E-state index contributed by atoms with van der Waals surface area (Å²) in [6.45, 7) is 0.324. The molecule has 0 spiro atoms. The number of halogens is 1. The van der Waals surface area contributed by atoms with E-state index in [-0.39, 0.29) is 11.4 Å². The second-order valence-electron chi connectivity index (χ2n) is 3.56. The Bertz CT molecular complexity index is 542. The lowest BCUT2D eigenvalue weighted by Crippen LogP contribution is -1.98. The molecule has 2 rings (SSSR count). The minimum atomic E-state index is -0.457. The summed E-state index contributed by atoms with van der Waals surface area (Å²) in [5, 5.41) is 12.8. The van der Waals surface area contributed by atoms with Crippen LogP contribution in [0.3, 0.4) is 0 Å². The van der Waals surface area contributed by atoms with Gasteiger partial charge in [-0.2, -0.15) is 0 Å². The molecule has 1 heterocycles. The molecular weight excluding hydrogens is 274 g/mol. The lowest BCUT2D eigenvalue weighted by molar-refractivity contribution is -0.386. The Morgan fingerprint density at radius 2 is 2.22 bits per heavy atom. The van der Waals surface area contributed by atoms with Crippen molar-refractivity contribution >= 4 is 28.6 Å². The molecule has 94 valence electrons. The quantitative estimate of drug-likeness (QED) is 0.474. The molecule has 1 aromatic carbocycles. The summed E-state index contributed by atoms with van der Waals surface area (Å²) in [5.41, 5.74) is 0.754. The summed E-state index contributed by atoms with van der Waals surface area (Å²) in [7, 11) is 0. The highest BCUT2D eigenvalue weighted by atomic mass is 35.5. The van der Waals surface area contributed by atoms with Gasteiger partial charge in [0, 0.05) is 16.8 Å². The Morgan fingerprint density at radius 3 is 2.83 bits per heavy atom. The van der Waals surface area contributed by atoms with Gasteiger partial charge in [-0.05, 0) is 23.1 Å². The summed E-state index contributed by atoms with van der Waals surface area (Å²) in [6, 6.07) is 8.48. The monoisotopic (exact) mass is 283 g/mol. The minimum Gasteiger partial charge on any atom is -0.481 e. The minimum absolute atomic E-state index is 0.0413. The van der Waals surface area contributed by atoms with Crippen LogP contribution in [0.2, 0.25) is 0 Å². The molecule has 0 fully saturated rings. The molecule has 0 aliphatic rings. The Hall–Kier alpha value is -1.59. The average molecular weight is 284 g/mol. The summed E-state index contributed by atoms with van der Waals surface area (Å²) >= 11 is 7.25. The number of ether oxygens (including phenoxy) is 1. The van der Waals surface area contributed by atoms with Crippen molar-refractivity contribution in [3.63, 3.8) is 0 Å². The van der Waals surface area contributed by atoms with Crippen LogP contribution in [0.5, 0.6) is 5.75 Å². The van der Waals surface area contributed by atoms with Gasteiger partial charge >= 0.3 is 5.69 Å². The molecule has 0 radical (unpaired) electrons. The second kappa shape index (κ2) is 5.84. The van der Waals surface area contributed by atoms with Crippen LogP contribution in [0.25, 0.3) is 0 Å². The molecule has 0 aliphatic carbocycles. The zero-order chi connectivity index (χ0) is 13.0. The first-order valence-electron chi connectivity index (χ1n) is 5.19. The van der Waals surface area contributed by atoms with Crippen molar-refractivity contribution in [2.45, 2.75) is 12.5 Å². The fraction of sp³-hybridized carbons (Fsp3) is 0.167. The van der Waals surface area contributed by atoms with Crippen LogP contribution in [0.15, 0.2) is 35.7 Å². The standard InChI is InChI=1S/C12H10ClNO3S/c13-7-9-3-4-11(14(15)16)12(6-9)17-8-10-2-1-5-18-10/h1-6H,7-8H2. The maximum atomic E-state index is 10.9. The van der Waals surface area contributed by atoms with Crippen molar-refractivity contribution in [2.24, 2.45) is 0 Å². The van der Waals surface area contributed by atoms with Crippen molar-refractivity contribution in [3.8, 4) is 5.75 Å². The first kappa shape index (κ1) is 12.9. The van der Waals surface area contributed by atoms with Gasteiger partial charge in [0.05, 0.1) is 4.92 Å². The van der Waals surface area contributed by atoms with Gasteiger partial charge in [-0.15, -0.1) is 22.9 Å². The first-order valence-corrected chi connectivity index (χ1v) is 6.60. The van der Waals surface area contributed by atoms with E-state index in [1.165, 1.54) is 6.07 Å². The van der Waals surface area contributed by atoms with Crippen LogP contribution < -0.4 is 4.74 Å². The predicted molar refractivity (Wildman–Crippen MR) is 71.3 cm³/mol. The van der Waals surface area contributed by atoms with Gasteiger partial charge in [-0.3, -0.25) is 10.1 Å². The highest BCUT2D eigenvalue weighted by Crippen LogP contribution is 2.29. The van der Waals surface area contributed by atoms with Crippen molar-refractivity contribution in [2.75, 3.05) is 0 Å². The Morgan fingerprint density at radius 1 is 1.39 bits per heavy atom. The van der Waals surface area contributed by atoms with Gasteiger partial charge in [0.1, 0.15) is 6.61 Å². The summed E-state index contributed by atoms with van der Waals surface area (Å²) in [4.78, 5) is 11.4. The average Bonchev–Trinajstić information content (AvgIpc) is 2.88. The maximum Gasteiger partial charge on any atom is 0.310 e. The van der Waals surface area contributed by atoms with E-state index in [2.05, 4.69) is 0 Å². The summed E-state index contributed by atoms with van der Waals surface area (Å²) < 4.78 is 5.50. The first-order chi connectivity index (χ1) is 8.70. The molecule has 1 aromatic heterocycles. The van der Waals surface area contributed by atoms with Crippen LogP contribution >= 0.6 is 22.9 Å². The van der Waals surface area contributed by atoms with Gasteiger partial charge < -0.3 is 4.74 Å². The van der Waals surface area contributed by atoms with Crippen molar-refractivity contribution < 1.29 is 9.66 Å². The van der Waals surface area contributed by atoms with E-state index in [1.807, 2.05) is 17.5 Å². The molecule has 0 N–H and O–H groups in total. The molecule has 0 saturated carbocycles. The maximum absolute atomic E-state index is 10.9. The number of hydrogen-bond donors (Lipinski definition) is 0. The third-order valence-corrected chi connectivity index (χ3v) is 3.48. The van der Waals surface area contributed by atoms with Crippen molar-refractivity contribution in [1.29, 1.82) is 0 Å². The van der Waals surface area contributed by atoms with Crippen LogP contribution in [0, 0.1) is 10.1 Å². The van der Waals surface area contributed by atoms with Crippen LogP contribution in [0.1, 0.15) is 10.4 Å². The number of nitro groups is 1. The fourth-order valence-corrected chi connectivity index (χ4v) is 2.23. The molecule has 0 unspecified atom stereocenters. The smallest absolute Gasteiger partial charge is 0.310 e. The van der Waals surface area contributed by atoms with E-state index < -0.39 is 4.92 Å². The Labute approximate surface area is 113 Å². The molecule has 0 saturated heterocycles. The molecule has 18 heavy (non-hydrogen) atoms. The zero-order valence-electron chi connectivity index (χ0n) is 9.34. The fourth-order valence-electron chi connectivity index (χ4n) is 1.45.